The molecule has 9 heteroatoms. The number of esters is 2. The van der Waals surface area contributed by atoms with Crippen molar-refractivity contribution < 1.29 is 38.1 Å². The molecule has 1 amide bonds. The van der Waals surface area contributed by atoms with Crippen LogP contribution in [0.2, 0.25) is 0 Å². The Morgan fingerprint density at radius 3 is 2.21 bits per heavy atom. The highest BCUT2D eigenvalue weighted by molar-refractivity contribution is 5.94. The molecule has 1 aliphatic rings. The van der Waals surface area contributed by atoms with Gasteiger partial charge < -0.3 is 29.0 Å². The Morgan fingerprint density at radius 2 is 1.68 bits per heavy atom. The molecular formula is C19H25NO8. The number of hydrogen-bond acceptors (Lipinski definition) is 8. The molecule has 2 rings (SSSR count). The molecule has 1 aromatic carbocycles. The molecule has 5 atom stereocenters. The van der Waals surface area contributed by atoms with E-state index < -0.39 is 42.6 Å². The molecule has 0 aliphatic carbocycles. The lowest BCUT2D eigenvalue weighted by molar-refractivity contribution is -0.271. The van der Waals surface area contributed by atoms with Crippen molar-refractivity contribution in [3.8, 4) is 0 Å². The smallest absolute Gasteiger partial charge is 0.303 e. The highest BCUT2D eigenvalue weighted by Crippen LogP contribution is 2.27. The fourth-order valence-corrected chi connectivity index (χ4v) is 3.03. The number of amides is 1. The zero-order valence-electron chi connectivity index (χ0n) is 16.2. The molecule has 1 heterocycles. The van der Waals surface area contributed by atoms with Gasteiger partial charge in [0.25, 0.3) is 5.91 Å². The number of hydrogen-bond donors (Lipinski definition) is 1. The van der Waals surface area contributed by atoms with Crippen LogP contribution >= 0.6 is 0 Å². The largest absolute Gasteiger partial charge is 0.463 e. The molecule has 0 aromatic heterocycles. The second-order valence-electron chi connectivity index (χ2n) is 6.22. The van der Waals surface area contributed by atoms with E-state index in [1.54, 1.807) is 30.3 Å². The topological polar surface area (TPSA) is 109 Å². The SMILES string of the molecule is CO[C@@H]1O[C@H](COC(C)=O)[C@H](OC(C)=O)[C@@H](OC)[C@H]1NC(=O)c1ccccc1. The van der Waals surface area contributed by atoms with Crippen LogP contribution in [-0.2, 0) is 33.3 Å². The third kappa shape index (κ3) is 5.51. The third-order valence-electron chi connectivity index (χ3n) is 4.24. The van der Waals surface area contributed by atoms with E-state index >= 15 is 0 Å². The van der Waals surface area contributed by atoms with Crippen LogP contribution in [0.4, 0.5) is 0 Å². The number of methoxy groups -OCH3 is 2. The fraction of sp³-hybridized carbons (Fsp3) is 0.526. The normalized spacial score (nSPS) is 26.9. The minimum absolute atomic E-state index is 0.160. The Morgan fingerprint density at radius 1 is 1.00 bits per heavy atom. The second kappa shape index (κ2) is 10.2. The zero-order chi connectivity index (χ0) is 20.7. The van der Waals surface area contributed by atoms with Crippen LogP contribution in [0.3, 0.4) is 0 Å². The maximum atomic E-state index is 12.6. The maximum Gasteiger partial charge on any atom is 0.303 e. The average molecular weight is 395 g/mol. The monoisotopic (exact) mass is 395 g/mol. The molecule has 1 aliphatic heterocycles. The Balaban J connectivity index is 2.26. The Bertz CT molecular complexity index is 680. The predicted octanol–water partition coefficient (Wildman–Crippen LogP) is 0.666. The third-order valence-corrected chi connectivity index (χ3v) is 4.24. The van der Waals surface area contributed by atoms with Crippen LogP contribution in [0.25, 0.3) is 0 Å². The summed E-state index contributed by atoms with van der Waals surface area (Å²) in [6.07, 6.45) is -3.46. The summed E-state index contributed by atoms with van der Waals surface area (Å²) in [5.41, 5.74) is 0.443. The first-order chi connectivity index (χ1) is 13.4. The van der Waals surface area contributed by atoms with Crippen molar-refractivity contribution in [2.24, 2.45) is 0 Å². The minimum atomic E-state index is -0.922. The van der Waals surface area contributed by atoms with Crippen LogP contribution in [0.1, 0.15) is 24.2 Å². The summed E-state index contributed by atoms with van der Waals surface area (Å²) in [5, 5.41) is 2.81. The lowest BCUT2D eigenvalue weighted by Crippen LogP contribution is -2.66. The lowest BCUT2D eigenvalue weighted by atomic mass is 9.96. The Hall–Kier alpha value is -2.49. The first kappa shape index (κ1) is 21.8. The van der Waals surface area contributed by atoms with Gasteiger partial charge >= 0.3 is 11.9 Å². The molecule has 1 aromatic rings. The van der Waals surface area contributed by atoms with E-state index in [2.05, 4.69) is 5.32 Å². The van der Waals surface area contributed by atoms with Gasteiger partial charge in [-0.3, -0.25) is 14.4 Å². The van der Waals surface area contributed by atoms with Crippen LogP contribution in [0.5, 0.6) is 0 Å². The average Bonchev–Trinajstić information content (AvgIpc) is 2.67. The molecule has 154 valence electrons. The molecule has 1 fully saturated rings. The van der Waals surface area contributed by atoms with Gasteiger partial charge in [-0.15, -0.1) is 0 Å². The van der Waals surface area contributed by atoms with E-state index in [1.165, 1.54) is 28.1 Å². The van der Waals surface area contributed by atoms with Gasteiger partial charge in [-0.2, -0.15) is 0 Å². The predicted molar refractivity (Wildman–Crippen MR) is 96.4 cm³/mol. The van der Waals surface area contributed by atoms with Crippen molar-refractivity contribution in [2.45, 2.75) is 44.5 Å². The van der Waals surface area contributed by atoms with Gasteiger partial charge in [-0.1, -0.05) is 18.2 Å². The lowest BCUT2D eigenvalue weighted by Gasteiger charge is -2.44. The van der Waals surface area contributed by atoms with Gasteiger partial charge in [-0.05, 0) is 12.1 Å². The summed E-state index contributed by atoms with van der Waals surface area (Å²) in [7, 11) is 2.83. The first-order valence-corrected chi connectivity index (χ1v) is 8.75. The molecule has 0 saturated carbocycles. The molecule has 0 unspecified atom stereocenters. The van der Waals surface area contributed by atoms with Crippen LogP contribution in [0, 0.1) is 0 Å². The standard InChI is InChI=1S/C19H25NO8/c1-11(21)26-10-14-16(27-12(2)22)17(24-3)15(19(25-4)28-14)20-18(23)13-8-6-5-7-9-13/h5-9,14-17,19H,10H2,1-4H3,(H,20,23)/t14-,15-,16+,17+,19-/m1/s1. The van der Waals surface area contributed by atoms with Crippen molar-refractivity contribution in [3.05, 3.63) is 35.9 Å². The summed E-state index contributed by atoms with van der Waals surface area (Å²) >= 11 is 0. The highest BCUT2D eigenvalue weighted by Gasteiger charge is 2.49. The molecule has 0 radical (unpaired) electrons. The first-order valence-electron chi connectivity index (χ1n) is 8.75. The summed E-state index contributed by atoms with van der Waals surface area (Å²) in [6, 6.07) is 7.83. The van der Waals surface area contributed by atoms with Crippen molar-refractivity contribution >= 4 is 17.8 Å². The van der Waals surface area contributed by atoms with Gasteiger partial charge in [0, 0.05) is 33.6 Å². The van der Waals surface area contributed by atoms with Gasteiger partial charge in [0.2, 0.25) is 0 Å². The summed E-state index contributed by atoms with van der Waals surface area (Å²) in [5.74, 6) is -1.43. The molecule has 1 N–H and O–H groups in total. The molecule has 0 bridgehead atoms. The van der Waals surface area contributed by atoms with Gasteiger partial charge in [0.1, 0.15) is 24.9 Å². The Kier molecular flexibility index (Phi) is 7.91. The van der Waals surface area contributed by atoms with Gasteiger partial charge in [-0.25, -0.2) is 0 Å². The highest BCUT2D eigenvalue weighted by atomic mass is 16.7. The molecule has 9 nitrogen and oxygen atoms in total. The number of nitrogens with one attached hydrogen (secondary N) is 1. The maximum absolute atomic E-state index is 12.6. The van der Waals surface area contributed by atoms with Gasteiger partial charge in [0.05, 0.1) is 0 Å². The van der Waals surface area contributed by atoms with E-state index in [-0.39, 0.29) is 12.5 Å². The molecule has 1 saturated heterocycles. The van der Waals surface area contributed by atoms with E-state index in [1.807, 2.05) is 0 Å². The van der Waals surface area contributed by atoms with E-state index in [0.29, 0.717) is 5.56 Å². The number of rotatable bonds is 7. The summed E-state index contributed by atoms with van der Waals surface area (Å²) in [4.78, 5) is 35.4. The van der Waals surface area contributed by atoms with Crippen molar-refractivity contribution in [2.75, 3.05) is 20.8 Å². The Labute approximate surface area is 163 Å². The minimum Gasteiger partial charge on any atom is -0.463 e. The number of ether oxygens (including phenoxy) is 5. The van der Waals surface area contributed by atoms with Crippen LogP contribution < -0.4 is 5.32 Å². The zero-order valence-corrected chi connectivity index (χ0v) is 16.2. The molecule has 0 spiro atoms. The van der Waals surface area contributed by atoms with E-state index in [0.717, 1.165) is 0 Å². The second-order valence-corrected chi connectivity index (χ2v) is 6.22. The number of carbonyl (C=O) groups is 3. The van der Waals surface area contributed by atoms with E-state index in [9.17, 15) is 14.4 Å². The molecule has 28 heavy (non-hydrogen) atoms. The van der Waals surface area contributed by atoms with Crippen LogP contribution in [0.15, 0.2) is 30.3 Å². The summed E-state index contributed by atoms with van der Waals surface area (Å²) in [6.45, 7) is 2.34. The molecular weight excluding hydrogens is 370 g/mol. The van der Waals surface area contributed by atoms with Crippen LogP contribution in [-0.4, -0.2) is 69.3 Å². The number of benzene rings is 1. The fourth-order valence-electron chi connectivity index (χ4n) is 3.03. The number of carbonyl (C=O) groups excluding carboxylic acids is 3. The quantitative estimate of drug-likeness (QED) is 0.671. The van der Waals surface area contributed by atoms with Gasteiger partial charge in [0.15, 0.2) is 12.4 Å². The van der Waals surface area contributed by atoms with Crippen molar-refractivity contribution in [1.29, 1.82) is 0 Å². The van der Waals surface area contributed by atoms with E-state index in [4.69, 9.17) is 23.7 Å². The summed E-state index contributed by atoms with van der Waals surface area (Å²) < 4.78 is 27.1. The van der Waals surface area contributed by atoms with Crippen molar-refractivity contribution in [3.63, 3.8) is 0 Å². The van der Waals surface area contributed by atoms with Crippen molar-refractivity contribution in [1.82, 2.24) is 5.32 Å².